The molecule has 0 bridgehead atoms. The first kappa shape index (κ1) is 23.5. The molecular formula is C24H34N6O2. The average Bonchev–Trinajstić information content (AvgIpc) is 3.17. The third kappa shape index (κ3) is 5.96. The molecule has 0 aliphatic carbocycles. The average molecular weight is 439 g/mol. The number of nitrogens with zero attached hydrogens (tertiary/aromatic N) is 4. The fourth-order valence-corrected chi connectivity index (χ4v) is 3.88. The van der Waals surface area contributed by atoms with Gasteiger partial charge < -0.3 is 9.80 Å². The summed E-state index contributed by atoms with van der Waals surface area (Å²) in [5, 5.41) is 6.87. The Hall–Kier alpha value is -3.16. The first-order valence-electron chi connectivity index (χ1n) is 11.5. The van der Waals surface area contributed by atoms with E-state index in [0.717, 1.165) is 24.1 Å². The van der Waals surface area contributed by atoms with Crippen molar-refractivity contribution in [3.63, 3.8) is 0 Å². The molecule has 2 aliphatic heterocycles. The van der Waals surface area contributed by atoms with Crippen LogP contribution in [0.15, 0.2) is 46.5 Å². The van der Waals surface area contributed by atoms with Crippen molar-refractivity contribution in [1.82, 2.24) is 20.5 Å². The summed E-state index contributed by atoms with van der Waals surface area (Å²) in [7, 11) is 1.66. The van der Waals surface area contributed by atoms with Gasteiger partial charge >= 0.3 is 6.03 Å². The maximum atomic E-state index is 12.6. The molecule has 0 radical (unpaired) electrons. The molecule has 2 aliphatic rings. The van der Waals surface area contributed by atoms with Crippen LogP contribution in [0.2, 0.25) is 0 Å². The molecule has 3 rings (SSSR count). The van der Waals surface area contributed by atoms with Gasteiger partial charge in [-0.3, -0.25) is 10.1 Å². The highest BCUT2D eigenvalue weighted by atomic mass is 16.2. The van der Waals surface area contributed by atoms with Gasteiger partial charge in [-0.15, -0.1) is 0 Å². The lowest BCUT2D eigenvalue weighted by Gasteiger charge is -2.36. The Morgan fingerprint density at radius 1 is 1.16 bits per heavy atom. The monoisotopic (exact) mass is 438 g/mol. The van der Waals surface area contributed by atoms with Gasteiger partial charge in [-0.1, -0.05) is 75.4 Å². The number of hydrogen-bond acceptors (Lipinski definition) is 6. The van der Waals surface area contributed by atoms with Crippen molar-refractivity contribution >= 4 is 29.7 Å². The number of amides is 3. The lowest BCUT2D eigenvalue weighted by atomic mass is 10.1. The minimum atomic E-state index is -0.547. The smallest absolute Gasteiger partial charge is 0.325 e. The molecule has 32 heavy (non-hydrogen) atoms. The molecule has 0 saturated carbocycles. The molecule has 1 aromatic carbocycles. The van der Waals surface area contributed by atoms with E-state index in [0.29, 0.717) is 12.5 Å². The molecule has 3 amide bonds. The Morgan fingerprint density at radius 3 is 2.62 bits per heavy atom. The summed E-state index contributed by atoms with van der Waals surface area (Å²) in [5.74, 6) is 0.215. The van der Waals surface area contributed by atoms with Crippen LogP contribution in [0.3, 0.4) is 0 Å². The molecule has 2 unspecified atom stereocenters. The predicted octanol–water partition coefficient (Wildman–Crippen LogP) is 3.57. The van der Waals surface area contributed by atoms with E-state index in [1.165, 1.54) is 30.6 Å². The maximum Gasteiger partial charge on any atom is 0.325 e. The highest BCUT2D eigenvalue weighted by molar-refractivity contribution is 6.04. The summed E-state index contributed by atoms with van der Waals surface area (Å²) < 4.78 is 0. The number of urea groups is 1. The van der Waals surface area contributed by atoms with Gasteiger partial charge in [-0.05, 0) is 25.0 Å². The first-order valence-corrected chi connectivity index (χ1v) is 11.5. The number of hydrogen-bond donors (Lipinski definition) is 2. The van der Waals surface area contributed by atoms with Crippen LogP contribution in [0.5, 0.6) is 0 Å². The molecule has 0 aromatic heterocycles. The Labute approximate surface area is 190 Å². The fourth-order valence-electron chi connectivity index (χ4n) is 3.88. The van der Waals surface area contributed by atoms with E-state index in [2.05, 4.69) is 27.8 Å². The van der Waals surface area contributed by atoms with Crippen molar-refractivity contribution < 1.29 is 9.59 Å². The molecule has 8 nitrogen and oxygen atoms in total. The second kappa shape index (κ2) is 11.5. The molecule has 8 heteroatoms. The van der Waals surface area contributed by atoms with Gasteiger partial charge in [-0.2, -0.15) is 5.10 Å². The third-order valence-corrected chi connectivity index (χ3v) is 5.76. The number of carbonyl (C=O) groups excluding carboxylic acids is 2. The number of benzene rings is 1. The van der Waals surface area contributed by atoms with Crippen molar-refractivity contribution in [2.75, 3.05) is 13.6 Å². The summed E-state index contributed by atoms with van der Waals surface area (Å²) in [6.07, 6.45) is 10.3. The molecule has 1 saturated heterocycles. The van der Waals surface area contributed by atoms with Crippen LogP contribution >= 0.6 is 0 Å². The Morgan fingerprint density at radius 2 is 1.88 bits per heavy atom. The second-order valence-corrected chi connectivity index (χ2v) is 8.29. The van der Waals surface area contributed by atoms with E-state index < -0.39 is 18.2 Å². The van der Waals surface area contributed by atoms with Crippen molar-refractivity contribution in [2.45, 2.75) is 64.6 Å². The number of allylic oxidation sites excluding steroid dienone is 1. The molecule has 0 spiro atoms. The molecule has 1 fully saturated rings. The summed E-state index contributed by atoms with van der Waals surface area (Å²) in [6, 6.07) is 9.05. The minimum absolute atomic E-state index is 0.311. The molecule has 1 aromatic rings. The van der Waals surface area contributed by atoms with Gasteiger partial charge in [0.2, 0.25) is 5.96 Å². The zero-order chi connectivity index (χ0) is 22.9. The number of rotatable bonds is 10. The highest BCUT2D eigenvalue weighted by Gasteiger charge is 2.48. The van der Waals surface area contributed by atoms with Gasteiger partial charge in [0.15, 0.2) is 12.2 Å². The van der Waals surface area contributed by atoms with E-state index in [-0.39, 0.29) is 5.91 Å². The van der Waals surface area contributed by atoms with Crippen molar-refractivity contribution in [1.29, 1.82) is 0 Å². The number of nitrogens with one attached hydrogen (secondary N) is 2. The van der Waals surface area contributed by atoms with Crippen molar-refractivity contribution in [3.05, 3.63) is 42.0 Å². The quantitative estimate of drug-likeness (QED) is 0.332. The lowest BCUT2D eigenvalue weighted by molar-refractivity contribution is -0.127. The molecule has 2 N–H and O–H groups in total. The van der Waals surface area contributed by atoms with E-state index in [4.69, 9.17) is 0 Å². The van der Waals surface area contributed by atoms with Crippen LogP contribution in [0, 0.1) is 0 Å². The largest absolute Gasteiger partial charge is 0.326 e. The highest BCUT2D eigenvalue weighted by Crippen LogP contribution is 2.24. The summed E-state index contributed by atoms with van der Waals surface area (Å²) in [6.45, 7) is 4.79. The molecule has 2 atom stereocenters. The summed E-state index contributed by atoms with van der Waals surface area (Å²) >= 11 is 0. The number of guanidine groups is 1. The van der Waals surface area contributed by atoms with Crippen molar-refractivity contribution in [3.8, 4) is 0 Å². The number of fused-ring (bicyclic) bond motifs is 1. The van der Waals surface area contributed by atoms with Crippen LogP contribution in [0.25, 0.3) is 6.08 Å². The molecule has 2 heterocycles. The standard InChI is InChI=1S/C24H34N6O2/c1-4-5-6-7-8-12-17-30-20-21(29(3)24(32)26-22(20)31)25-23(30)28-27-18(2)15-16-19-13-10-9-11-14-19/h9-11,13-16,20-21H,4-8,12,17H2,1-3H3,(H,25,28)(H,26,31,32)/b16-15+,27-18-. The second-order valence-electron chi connectivity index (χ2n) is 8.29. The first-order chi connectivity index (χ1) is 15.5. The lowest BCUT2D eigenvalue weighted by Crippen LogP contribution is -2.64. The van der Waals surface area contributed by atoms with Crippen LogP contribution < -0.4 is 10.7 Å². The Kier molecular flexibility index (Phi) is 8.41. The predicted molar refractivity (Wildman–Crippen MR) is 128 cm³/mol. The maximum absolute atomic E-state index is 12.6. The minimum Gasteiger partial charge on any atom is -0.326 e. The van der Waals surface area contributed by atoms with Gasteiger partial charge in [0, 0.05) is 13.6 Å². The van der Waals surface area contributed by atoms with Crippen LogP contribution in [0.1, 0.15) is 57.9 Å². The Bertz CT molecular complexity index is 880. The summed E-state index contributed by atoms with van der Waals surface area (Å²) in [4.78, 5) is 32.7. The van der Waals surface area contributed by atoms with E-state index >= 15 is 0 Å². The number of imide groups is 1. The van der Waals surface area contributed by atoms with Crippen LogP contribution in [-0.2, 0) is 4.79 Å². The number of aliphatic imine (C=N–C) groups is 1. The topological polar surface area (TPSA) is 89.4 Å². The number of carbonyl (C=O) groups is 2. The van der Waals surface area contributed by atoms with Gasteiger partial charge in [0.05, 0.1) is 5.71 Å². The Balaban J connectivity index is 1.67. The third-order valence-electron chi connectivity index (χ3n) is 5.76. The van der Waals surface area contributed by atoms with Gasteiger partial charge in [-0.25, -0.2) is 15.2 Å². The summed E-state index contributed by atoms with van der Waals surface area (Å²) in [5.41, 5.74) is 4.90. The number of unbranched alkanes of at least 4 members (excludes halogenated alkanes) is 5. The van der Waals surface area contributed by atoms with Gasteiger partial charge in [0.1, 0.15) is 0 Å². The molecule has 172 valence electrons. The van der Waals surface area contributed by atoms with E-state index in [1.807, 2.05) is 54.3 Å². The van der Waals surface area contributed by atoms with Gasteiger partial charge in [0.25, 0.3) is 5.91 Å². The number of hydrazone groups is 1. The molecular weight excluding hydrogens is 404 g/mol. The normalized spacial score (nSPS) is 21.1. The van der Waals surface area contributed by atoms with E-state index in [9.17, 15) is 9.59 Å². The van der Waals surface area contributed by atoms with Crippen LogP contribution in [0.4, 0.5) is 4.79 Å². The zero-order valence-electron chi connectivity index (χ0n) is 19.3. The zero-order valence-corrected chi connectivity index (χ0v) is 19.3. The van der Waals surface area contributed by atoms with Crippen LogP contribution in [-0.4, -0.2) is 59.2 Å². The SMILES string of the molecule is CCCCCCCCN1C(N/N=C(C)\C=C\c2ccccc2)=NC2C1C(=O)NC(=O)N2C. The fraction of sp³-hybridized carbons (Fsp3) is 0.500. The van der Waals surface area contributed by atoms with E-state index in [1.54, 1.807) is 7.05 Å². The number of likely N-dealkylation sites (N-methyl/N-ethyl adjacent to an activating group) is 1. The van der Waals surface area contributed by atoms with Crippen molar-refractivity contribution in [2.24, 2.45) is 10.1 Å².